The molecule has 0 atom stereocenters. The molecule has 24 heavy (non-hydrogen) atoms. The van der Waals surface area contributed by atoms with Crippen LogP contribution >= 0.6 is 11.6 Å². The van der Waals surface area contributed by atoms with Gasteiger partial charge in [0.1, 0.15) is 11.5 Å². The monoisotopic (exact) mass is 341 g/mol. The van der Waals surface area contributed by atoms with Gasteiger partial charge in [-0.1, -0.05) is 23.7 Å². The van der Waals surface area contributed by atoms with Gasteiger partial charge in [0.15, 0.2) is 0 Å². The van der Waals surface area contributed by atoms with Crippen LogP contribution in [0.25, 0.3) is 0 Å². The van der Waals surface area contributed by atoms with Crippen molar-refractivity contribution in [2.75, 3.05) is 4.90 Å². The number of aromatic nitrogens is 2. The normalized spacial score (nSPS) is 10.8. The molecular formula is C19H20ClN3O. The van der Waals surface area contributed by atoms with E-state index < -0.39 is 0 Å². The van der Waals surface area contributed by atoms with E-state index in [4.69, 9.17) is 16.3 Å². The molecule has 0 amide bonds. The molecule has 3 rings (SSSR count). The van der Waals surface area contributed by atoms with E-state index in [0.29, 0.717) is 16.8 Å². The number of H-pyrrole nitrogens is 1. The summed E-state index contributed by atoms with van der Waals surface area (Å²) in [5.74, 6) is 1.42. The van der Waals surface area contributed by atoms with Gasteiger partial charge in [-0.2, -0.15) is 0 Å². The molecule has 1 heterocycles. The summed E-state index contributed by atoms with van der Waals surface area (Å²) in [6, 6.07) is 15.9. The number of anilines is 1. The fourth-order valence-corrected chi connectivity index (χ4v) is 2.66. The van der Waals surface area contributed by atoms with E-state index in [1.54, 1.807) is 6.33 Å². The molecule has 124 valence electrons. The maximum Gasteiger partial charge on any atom is 0.146 e. The second-order valence-corrected chi connectivity index (χ2v) is 6.23. The van der Waals surface area contributed by atoms with Gasteiger partial charge in [-0.25, -0.2) is 4.98 Å². The SMILES string of the molecule is CC(C)N(Cc1cnc[nH]1)c1ccc(Oc2ccccc2Cl)cc1. The first-order valence-electron chi connectivity index (χ1n) is 7.90. The first kappa shape index (κ1) is 16.4. The Labute approximate surface area is 147 Å². The van der Waals surface area contributed by atoms with Crippen molar-refractivity contribution in [2.45, 2.75) is 26.4 Å². The van der Waals surface area contributed by atoms with Gasteiger partial charge in [0.05, 0.1) is 23.6 Å². The topological polar surface area (TPSA) is 41.2 Å². The first-order valence-corrected chi connectivity index (χ1v) is 8.27. The lowest BCUT2D eigenvalue weighted by Crippen LogP contribution is -2.30. The molecule has 0 radical (unpaired) electrons. The predicted molar refractivity (Wildman–Crippen MR) is 97.9 cm³/mol. The van der Waals surface area contributed by atoms with Gasteiger partial charge in [-0.3, -0.25) is 0 Å². The zero-order chi connectivity index (χ0) is 16.9. The average molecular weight is 342 g/mol. The lowest BCUT2D eigenvalue weighted by Gasteiger charge is -2.28. The predicted octanol–water partition coefficient (Wildman–Crippen LogP) is 5.27. The number of ether oxygens (including phenoxy) is 1. The van der Waals surface area contributed by atoms with E-state index in [0.717, 1.165) is 23.7 Å². The number of benzene rings is 2. The zero-order valence-corrected chi connectivity index (χ0v) is 14.5. The molecule has 0 saturated heterocycles. The Morgan fingerprint density at radius 2 is 1.88 bits per heavy atom. The third kappa shape index (κ3) is 3.89. The first-order chi connectivity index (χ1) is 11.6. The van der Waals surface area contributed by atoms with Crippen LogP contribution < -0.4 is 9.64 Å². The molecule has 0 saturated carbocycles. The van der Waals surface area contributed by atoms with E-state index in [2.05, 4.69) is 40.8 Å². The van der Waals surface area contributed by atoms with Crippen molar-refractivity contribution in [3.63, 3.8) is 0 Å². The molecule has 4 nitrogen and oxygen atoms in total. The fraction of sp³-hybridized carbons (Fsp3) is 0.211. The van der Waals surface area contributed by atoms with Crippen LogP contribution in [0.1, 0.15) is 19.5 Å². The highest BCUT2D eigenvalue weighted by Crippen LogP contribution is 2.30. The summed E-state index contributed by atoms with van der Waals surface area (Å²) in [6.45, 7) is 5.12. The minimum Gasteiger partial charge on any atom is -0.456 e. The van der Waals surface area contributed by atoms with Crippen LogP contribution in [0.5, 0.6) is 11.5 Å². The largest absolute Gasteiger partial charge is 0.456 e. The number of hydrogen-bond acceptors (Lipinski definition) is 3. The number of rotatable bonds is 6. The highest BCUT2D eigenvalue weighted by atomic mass is 35.5. The second-order valence-electron chi connectivity index (χ2n) is 5.82. The molecule has 0 aliphatic rings. The fourth-order valence-electron chi connectivity index (χ4n) is 2.49. The maximum atomic E-state index is 6.13. The molecule has 0 aliphatic heterocycles. The minimum absolute atomic E-state index is 0.364. The van der Waals surface area contributed by atoms with Gasteiger partial charge in [0.2, 0.25) is 0 Å². The molecule has 0 unspecified atom stereocenters. The third-order valence-electron chi connectivity index (χ3n) is 3.75. The summed E-state index contributed by atoms with van der Waals surface area (Å²) in [6.07, 6.45) is 3.55. The van der Waals surface area contributed by atoms with Crippen LogP contribution in [0, 0.1) is 0 Å². The number of halogens is 1. The van der Waals surface area contributed by atoms with E-state index in [1.165, 1.54) is 0 Å². The Balaban J connectivity index is 1.76. The number of hydrogen-bond donors (Lipinski definition) is 1. The summed E-state index contributed by atoms with van der Waals surface area (Å²) < 4.78 is 5.84. The van der Waals surface area contributed by atoms with Gasteiger partial charge in [-0.15, -0.1) is 0 Å². The number of aromatic amines is 1. The number of nitrogens with zero attached hydrogens (tertiary/aromatic N) is 2. The summed E-state index contributed by atoms with van der Waals surface area (Å²) in [4.78, 5) is 9.53. The molecular weight excluding hydrogens is 322 g/mol. The van der Waals surface area contributed by atoms with Crippen molar-refractivity contribution in [2.24, 2.45) is 0 Å². The van der Waals surface area contributed by atoms with Gasteiger partial charge >= 0.3 is 0 Å². The quantitative estimate of drug-likeness (QED) is 0.664. The second kappa shape index (κ2) is 7.41. The van der Waals surface area contributed by atoms with Crippen molar-refractivity contribution < 1.29 is 4.74 Å². The van der Waals surface area contributed by atoms with Crippen LogP contribution in [0.4, 0.5) is 5.69 Å². The Hall–Kier alpha value is -2.46. The van der Waals surface area contributed by atoms with Crippen molar-refractivity contribution in [3.8, 4) is 11.5 Å². The molecule has 3 aromatic rings. The van der Waals surface area contributed by atoms with Crippen LogP contribution in [0.2, 0.25) is 5.02 Å². The van der Waals surface area contributed by atoms with Crippen molar-refractivity contribution in [1.29, 1.82) is 0 Å². The van der Waals surface area contributed by atoms with Crippen molar-refractivity contribution in [1.82, 2.24) is 9.97 Å². The van der Waals surface area contributed by atoms with Crippen LogP contribution in [-0.4, -0.2) is 16.0 Å². The van der Waals surface area contributed by atoms with Gasteiger partial charge < -0.3 is 14.6 Å². The molecule has 0 fully saturated rings. The maximum absolute atomic E-state index is 6.13. The molecule has 5 heteroatoms. The van der Waals surface area contributed by atoms with E-state index >= 15 is 0 Å². The minimum atomic E-state index is 0.364. The number of imidazole rings is 1. The van der Waals surface area contributed by atoms with E-state index in [-0.39, 0.29) is 0 Å². The Kier molecular flexibility index (Phi) is 5.06. The molecule has 1 aromatic heterocycles. The molecule has 0 bridgehead atoms. The average Bonchev–Trinajstić information content (AvgIpc) is 3.09. The molecule has 0 aliphatic carbocycles. The van der Waals surface area contributed by atoms with Gasteiger partial charge in [0, 0.05) is 17.9 Å². The van der Waals surface area contributed by atoms with Crippen LogP contribution in [0.15, 0.2) is 61.1 Å². The van der Waals surface area contributed by atoms with Crippen molar-refractivity contribution >= 4 is 17.3 Å². The lowest BCUT2D eigenvalue weighted by molar-refractivity contribution is 0.483. The van der Waals surface area contributed by atoms with E-state index in [9.17, 15) is 0 Å². The summed E-state index contributed by atoms with van der Waals surface area (Å²) >= 11 is 6.13. The standard InChI is InChI=1S/C19H20ClN3O/c1-14(2)23(12-15-11-21-13-22-15)16-7-9-17(10-8-16)24-19-6-4-3-5-18(19)20/h3-11,13-14H,12H2,1-2H3,(H,21,22). The van der Waals surface area contributed by atoms with Crippen LogP contribution in [-0.2, 0) is 6.54 Å². The smallest absolute Gasteiger partial charge is 0.146 e. The molecule has 1 N–H and O–H groups in total. The number of nitrogens with one attached hydrogen (secondary N) is 1. The lowest BCUT2D eigenvalue weighted by atomic mass is 10.2. The zero-order valence-electron chi connectivity index (χ0n) is 13.7. The van der Waals surface area contributed by atoms with Gasteiger partial charge in [0.25, 0.3) is 0 Å². The molecule has 0 spiro atoms. The Bertz CT molecular complexity index is 770. The van der Waals surface area contributed by atoms with Gasteiger partial charge in [-0.05, 0) is 50.2 Å². The third-order valence-corrected chi connectivity index (χ3v) is 4.06. The summed E-state index contributed by atoms with van der Waals surface area (Å²) in [7, 11) is 0. The highest BCUT2D eigenvalue weighted by molar-refractivity contribution is 6.32. The Morgan fingerprint density at radius 3 is 2.50 bits per heavy atom. The molecule has 2 aromatic carbocycles. The van der Waals surface area contributed by atoms with E-state index in [1.807, 2.05) is 42.6 Å². The Morgan fingerprint density at radius 1 is 1.12 bits per heavy atom. The summed E-state index contributed by atoms with van der Waals surface area (Å²) in [5, 5.41) is 0.602. The van der Waals surface area contributed by atoms with Crippen LogP contribution in [0.3, 0.4) is 0 Å². The van der Waals surface area contributed by atoms with Crippen molar-refractivity contribution in [3.05, 3.63) is 71.8 Å². The number of para-hydroxylation sites is 1. The summed E-state index contributed by atoms with van der Waals surface area (Å²) in [5.41, 5.74) is 2.21. The highest BCUT2D eigenvalue weighted by Gasteiger charge is 2.12.